The van der Waals surface area contributed by atoms with Gasteiger partial charge in [-0.1, -0.05) is 37.1 Å². The van der Waals surface area contributed by atoms with Crippen LogP contribution < -0.4 is 15.5 Å². The summed E-state index contributed by atoms with van der Waals surface area (Å²) in [5.41, 5.74) is 2.11. The highest BCUT2D eigenvalue weighted by Gasteiger charge is 2.53. The summed E-state index contributed by atoms with van der Waals surface area (Å²) in [6.07, 6.45) is 11.9. The Morgan fingerprint density at radius 3 is 2.22 bits per heavy atom. The van der Waals surface area contributed by atoms with Crippen LogP contribution in [0.15, 0.2) is 94.7 Å². The molecular formula is C47H61FN6O5S. The van der Waals surface area contributed by atoms with Crippen LogP contribution in [0.1, 0.15) is 63.4 Å². The molecule has 3 aromatic rings. The third-order valence-corrected chi connectivity index (χ3v) is 15.8. The lowest BCUT2D eigenvalue weighted by Crippen LogP contribution is -2.60. The molecule has 60 heavy (non-hydrogen) atoms. The fourth-order valence-corrected chi connectivity index (χ4v) is 12.2. The maximum Gasteiger partial charge on any atom is 0.404 e. The van der Waals surface area contributed by atoms with Crippen LogP contribution in [0.4, 0.5) is 20.6 Å². The minimum Gasteiger partial charge on any atom is -0.465 e. The predicted octanol–water partition coefficient (Wildman–Crippen LogP) is 6.87. The molecule has 2 amide bonds. The van der Waals surface area contributed by atoms with Crippen molar-refractivity contribution in [3.8, 4) is 0 Å². The first-order chi connectivity index (χ1) is 29.1. The van der Waals surface area contributed by atoms with Crippen molar-refractivity contribution in [1.29, 1.82) is 0 Å². The Labute approximate surface area is 354 Å². The number of carbonyl (C=O) groups excluding carboxylic acids is 1. The molecule has 0 aromatic heterocycles. The molecular weight excluding hydrogens is 780 g/mol. The van der Waals surface area contributed by atoms with Gasteiger partial charge in [0.15, 0.2) is 0 Å². The van der Waals surface area contributed by atoms with Crippen LogP contribution in [-0.4, -0.2) is 118 Å². The third kappa shape index (κ3) is 9.59. The average molecular weight is 841 g/mol. The minimum atomic E-state index is -3.80. The van der Waals surface area contributed by atoms with E-state index in [9.17, 15) is 27.5 Å². The van der Waals surface area contributed by atoms with Crippen LogP contribution in [0, 0.1) is 23.6 Å². The van der Waals surface area contributed by atoms with Gasteiger partial charge in [-0.2, -0.15) is 0 Å². The van der Waals surface area contributed by atoms with E-state index in [1.54, 1.807) is 36.4 Å². The van der Waals surface area contributed by atoms with Gasteiger partial charge in [-0.15, -0.1) is 0 Å². The van der Waals surface area contributed by atoms with Gasteiger partial charge < -0.3 is 30.4 Å². The van der Waals surface area contributed by atoms with E-state index in [1.807, 2.05) is 24.3 Å². The second-order valence-electron chi connectivity index (χ2n) is 17.9. The smallest absolute Gasteiger partial charge is 0.404 e. The van der Waals surface area contributed by atoms with Gasteiger partial charge in [-0.05, 0) is 156 Å². The Morgan fingerprint density at radius 1 is 0.783 bits per heavy atom. The second-order valence-corrected chi connectivity index (χ2v) is 19.8. The van der Waals surface area contributed by atoms with Gasteiger partial charge >= 0.3 is 6.09 Å². The summed E-state index contributed by atoms with van der Waals surface area (Å²) in [4.78, 5) is 34.6. The topological polar surface area (TPSA) is 126 Å². The molecule has 1 unspecified atom stereocenters. The number of carbonyl (C=O) groups is 2. The zero-order valence-electron chi connectivity index (χ0n) is 34.7. The number of hydrogen-bond donors (Lipinski definition) is 3. The van der Waals surface area contributed by atoms with E-state index in [4.69, 9.17) is 0 Å². The summed E-state index contributed by atoms with van der Waals surface area (Å²) < 4.78 is 42.3. The highest BCUT2D eigenvalue weighted by molar-refractivity contribution is 7.91. The van der Waals surface area contributed by atoms with E-state index in [0.717, 1.165) is 122 Å². The molecule has 5 aliphatic rings. The molecule has 4 saturated heterocycles. The van der Waals surface area contributed by atoms with Gasteiger partial charge in [-0.3, -0.25) is 9.69 Å². The van der Waals surface area contributed by atoms with E-state index in [-0.39, 0.29) is 38.9 Å². The van der Waals surface area contributed by atoms with Gasteiger partial charge in [0.1, 0.15) is 5.82 Å². The number of sulfone groups is 1. The predicted molar refractivity (Wildman–Crippen MR) is 233 cm³/mol. The number of anilines is 2. The Kier molecular flexibility index (Phi) is 13.3. The molecule has 4 aliphatic heterocycles. The van der Waals surface area contributed by atoms with Crippen molar-refractivity contribution in [3.63, 3.8) is 0 Å². The van der Waals surface area contributed by atoms with Crippen molar-refractivity contribution in [2.45, 2.75) is 79.0 Å². The molecule has 11 nitrogen and oxygen atoms in total. The third-order valence-electron chi connectivity index (χ3n) is 14.1. The van der Waals surface area contributed by atoms with Crippen molar-refractivity contribution in [1.82, 2.24) is 20.0 Å². The number of carboxylic acid groups (broad SMARTS) is 1. The van der Waals surface area contributed by atoms with Crippen molar-refractivity contribution in [2.24, 2.45) is 17.8 Å². The second kappa shape index (κ2) is 18.8. The Morgan fingerprint density at radius 2 is 1.52 bits per heavy atom. The van der Waals surface area contributed by atoms with Gasteiger partial charge in [0.05, 0.1) is 9.79 Å². The number of rotatable bonds is 15. The van der Waals surface area contributed by atoms with Crippen LogP contribution in [0.2, 0.25) is 0 Å². The van der Waals surface area contributed by atoms with Crippen molar-refractivity contribution in [2.75, 3.05) is 82.2 Å². The maximum absolute atomic E-state index is 15.0. The Balaban J connectivity index is 0.858. The zero-order chi connectivity index (χ0) is 41.7. The number of nitrogens with one attached hydrogen (secondary N) is 2. The molecule has 0 radical (unpaired) electrons. The average Bonchev–Trinajstić information content (AvgIpc) is 3.67. The fraction of sp³-hybridized carbons (Fsp3) is 0.532. The molecule has 5 fully saturated rings. The first kappa shape index (κ1) is 42.4. The Hall–Kier alpha value is -4.30. The van der Waals surface area contributed by atoms with Crippen LogP contribution in [0.25, 0.3) is 0 Å². The maximum atomic E-state index is 15.0. The van der Waals surface area contributed by atoms with Gasteiger partial charge in [0.25, 0.3) is 0 Å². The molecule has 3 N–H and O–H groups in total. The summed E-state index contributed by atoms with van der Waals surface area (Å²) in [7, 11) is -3.80. The molecule has 322 valence electrons. The van der Waals surface area contributed by atoms with Crippen molar-refractivity contribution in [3.05, 3.63) is 96.3 Å². The highest BCUT2D eigenvalue weighted by Crippen LogP contribution is 2.51. The lowest BCUT2D eigenvalue weighted by molar-refractivity contribution is -0.111. The monoisotopic (exact) mass is 840 g/mol. The molecule has 4 heterocycles. The number of amides is 2. The molecule has 3 atom stereocenters. The van der Waals surface area contributed by atoms with E-state index >= 15 is 0 Å². The molecule has 0 spiro atoms. The molecule has 0 bridgehead atoms. The largest absolute Gasteiger partial charge is 0.465 e. The van der Waals surface area contributed by atoms with Crippen LogP contribution in [-0.2, 0) is 20.0 Å². The molecule has 8 rings (SSSR count). The molecule has 13 heteroatoms. The number of nitrogens with zero attached hydrogens (tertiary/aromatic N) is 4. The summed E-state index contributed by atoms with van der Waals surface area (Å²) >= 11 is 0. The van der Waals surface area contributed by atoms with E-state index in [1.165, 1.54) is 37.5 Å². The summed E-state index contributed by atoms with van der Waals surface area (Å²) in [5.74, 6) is 0.392. The fourth-order valence-electron chi connectivity index (χ4n) is 10.9. The lowest BCUT2D eigenvalue weighted by Gasteiger charge is -2.54. The number of benzene rings is 3. The van der Waals surface area contributed by atoms with Crippen LogP contribution in [0.3, 0.4) is 0 Å². The standard InChI is InChI=1S/C47H61FN6O5S/c48-38-10-4-9-37(29-38)47(34-53-25-8-26-53,43-13-6-14-44(43)50-46(56)57)36-20-27-52(28-21-36)31-35-32-54(33-35)40-16-18-41(19-17-40)60(58,59)42-12-5-11-39(30-42)49-45(55)15-7-24-51-22-2-1-3-23-51/h4-5,7,9-12,15-19,29-30,35-36,43-44,50H,1-3,6,8,13-14,20-28,31-34H2,(H,49,55)(H,56,57)/b15-7+/t43-,44-,47?/m0/s1. The summed E-state index contributed by atoms with van der Waals surface area (Å²) in [6.45, 7) is 10.4. The molecule has 1 saturated carbocycles. The number of piperidine rings is 2. The van der Waals surface area contributed by atoms with Gasteiger partial charge in [0, 0.05) is 67.5 Å². The minimum absolute atomic E-state index is 0.105. The summed E-state index contributed by atoms with van der Waals surface area (Å²) in [6, 6.07) is 20.5. The van der Waals surface area contributed by atoms with Gasteiger partial charge in [-0.25, -0.2) is 17.6 Å². The summed E-state index contributed by atoms with van der Waals surface area (Å²) in [5, 5.41) is 15.5. The van der Waals surface area contributed by atoms with E-state index in [0.29, 0.717) is 17.5 Å². The first-order valence-electron chi connectivity index (χ1n) is 22.2. The SMILES string of the molecule is O=C(O)N[C@H]1CCC[C@@H]1C(CN1CCC1)(c1cccc(F)c1)C1CCN(CC2CN(c3ccc(S(=O)(=O)c4cccc(NC(=O)/C=C/CN5CCCCC5)c4)cc3)C2)CC1. The zero-order valence-corrected chi connectivity index (χ0v) is 35.5. The van der Waals surface area contributed by atoms with Crippen LogP contribution >= 0.6 is 0 Å². The Bertz CT molecular complexity index is 2090. The molecule has 1 aliphatic carbocycles. The number of halogens is 1. The first-order valence-corrected chi connectivity index (χ1v) is 23.7. The number of likely N-dealkylation sites (tertiary alicyclic amines) is 3. The van der Waals surface area contributed by atoms with E-state index < -0.39 is 15.9 Å². The lowest BCUT2D eigenvalue weighted by atomic mass is 9.57. The van der Waals surface area contributed by atoms with Crippen LogP contribution in [0.5, 0.6) is 0 Å². The number of hydrogen-bond acceptors (Lipinski definition) is 8. The quantitative estimate of drug-likeness (QED) is 0.141. The highest BCUT2D eigenvalue weighted by atomic mass is 32.2. The normalized spacial score (nSPS) is 23.5. The van der Waals surface area contributed by atoms with Gasteiger partial charge in [0.2, 0.25) is 15.7 Å². The molecule has 3 aromatic carbocycles. The van der Waals surface area contributed by atoms with E-state index in [2.05, 4.69) is 36.3 Å². The van der Waals surface area contributed by atoms with Crippen molar-refractivity contribution < 1.29 is 27.5 Å². The van der Waals surface area contributed by atoms with Crippen molar-refractivity contribution >= 4 is 33.2 Å².